The highest BCUT2D eigenvalue weighted by Gasteiger charge is 2.43. The zero-order valence-corrected chi connectivity index (χ0v) is 7.71. The Kier molecular flexibility index (Phi) is 3.03. The molecule has 13 heavy (non-hydrogen) atoms. The highest BCUT2D eigenvalue weighted by molar-refractivity contribution is 6.36. The van der Waals surface area contributed by atoms with Gasteiger partial charge in [-0.05, 0) is 32.6 Å². The smallest absolute Gasteiger partial charge is 0.377 e. The maximum absolute atomic E-state index is 11.3. The summed E-state index contributed by atoms with van der Waals surface area (Å²) in [7, 11) is 0. The first-order valence-corrected chi connectivity index (χ1v) is 4.54. The number of hydrogen-bond donors (Lipinski definition) is 1. The third-order valence-corrected chi connectivity index (χ3v) is 2.31. The topological polar surface area (TPSA) is 63.6 Å². The third-order valence-electron chi connectivity index (χ3n) is 2.31. The molecule has 1 aliphatic carbocycles. The summed E-state index contributed by atoms with van der Waals surface area (Å²) in [5, 5.41) is 9.71. The number of Topliss-reactive ketones (excluding diaryl/α,β-unsaturated/α-hetero) is 1. The summed E-state index contributed by atoms with van der Waals surface area (Å²) in [6.07, 6.45) is 2.35. The zero-order chi connectivity index (χ0) is 9.90. The van der Waals surface area contributed by atoms with Gasteiger partial charge in [-0.2, -0.15) is 0 Å². The summed E-state index contributed by atoms with van der Waals surface area (Å²) in [6.45, 7) is 1.80. The Morgan fingerprint density at radius 2 is 1.92 bits per heavy atom. The minimum Gasteiger partial charge on any atom is -0.460 e. The standard InChI is InChI=1S/C9H14O4/c1-2-13-8(11)7(10)9(12)5-3-4-6-9/h12H,2-6H2,1H3. The minimum atomic E-state index is -1.44. The monoisotopic (exact) mass is 186 g/mol. The lowest BCUT2D eigenvalue weighted by atomic mass is 9.97. The first-order valence-electron chi connectivity index (χ1n) is 4.54. The first-order chi connectivity index (χ1) is 6.10. The normalized spacial score (nSPS) is 19.8. The third kappa shape index (κ3) is 2.06. The maximum Gasteiger partial charge on any atom is 0.377 e. The molecule has 1 N–H and O–H groups in total. The molecule has 0 unspecified atom stereocenters. The van der Waals surface area contributed by atoms with Gasteiger partial charge in [-0.3, -0.25) is 4.79 Å². The second kappa shape index (κ2) is 3.87. The van der Waals surface area contributed by atoms with Crippen molar-refractivity contribution in [1.29, 1.82) is 0 Å². The molecule has 1 fully saturated rings. The quantitative estimate of drug-likeness (QED) is 0.512. The molecule has 0 spiro atoms. The highest BCUT2D eigenvalue weighted by Crippen LogP contribution is 2.30. The van der Waals surface area contributed by atoms with Crippen molar-refractivity contribution in [2.75, 3.05) is 6.61 Å². The van der Waals surface area contributed by atoms with Crippen LogP contribution in [0.25, 0.3) is 0 Å². The number of hydrogen-bond acceptors (Lipinski definition) is 4. The van der Waals surface area contributed by atoms with Crippen LogP contribution in [0.1, 0.15) is 32.6 Å². The van der Waals surface area contributed by atoms with Crippen molar-refractivity contribution in [3.63, 3.8) is 0 Å². The van der Waals surface area contributed by atoms with E-state index in [0.717, 1.165) is 12.8 Å². The van der Waals surface area contributed by atoms with E-state index in [4.69, 9.17) is 0 Å². The number of ketones is 1. The van der Waals surface area contributed by atoms with Crippen molar-refractivity contribution < 1.29 is 19.4 Å². The van der Waals surface area contributed by atoms with Crippen LogP contribution in [0.2, 0.25) is 0 Å². The average Bonchev–Trinajstić information content (AvgIpc) is 2.52. The Labute approximate surface area is 76.9 Å². The predicted octanol–water partition coefficient (Wildman–Crippen LogP) is 0.424. The Morgan fingerprint density at radius 1 is 1.38 bits per heavy atom. The molecule has 0 aromatic rings. The van der Waals surface area contributed by atoms with E-state index in [1.54, 1.807) is 6.92 Å². The van der Waals surface area contributed by atoms with E-state index in [-0.39, 0.29) is 6.61 Å². The fourth-order valence-corrected chi connectivity index (χ4v) is 1.57. The van der Waals surface area contributed by atoms with Crippen LogP contribution in [0.4, 0.5) is 0 Å². The van der Waals surface area contributed by atoms with Gasteiger partial charge in [-0.15, -0.1) is 0 Å². The summed E-state index contributed by atoms with van der Waals surface area (Å²) in [5.41, 5.74) is -1.44. The van der Waals surface area contributed by atoms with Crippen molar-refractivity contribution in [1.82, 2.24) is 0 Å². The predicted molar refractivity (Wildman–Crippen MR) is 45.1 cm³/mol. The number of ether oxygens (including phenoxy) is 1. The van der Waals surface area contributed by atoms with Crippen LogP contribution >= 0.6 is 0 Å². The Balaban J connectivity index is 2.60. The van der Waals surface area contributed by atoms with Gasteiger partial charge in [0, 0.05) is 0 Å². The van der Waals surface area contributed by atoms with E-state index in [9.17, 15) is 14.7 Å². The molecule has 4 nitrogen and oxygen atoms in total. The lowest BCUT2D eigenvalue weighted by Gasteiger charge is -2.18. The molecule has 0 radical (unpaired) electrons. The fourth-order valence-electron chi connectivity index (χ4n) is 1.57. The summed E-state index contributed by atoms with van der Waals surface area (Å²) in [6, 6.07) is 0. The van der Waals surface area contributed by atoms with Gasteiger partial charge in [-0.1, -0.05) is 0 Å². The first kappa shape index (κ1) is 10.2. The summed E-state index contributed by atoms with van der Waals surface area (Å²) < 4.78 is 4.53. The fraction of sp³-hybridized carbons (Fsp3) is 0.778. The average molecular weight is 186 g/mol. The van der Waals surface area contributed by atoms with Crippen LogP contribution in [0.15, 0.2) is 0 Å². The summed E-state index contributed by atoms with van der Waals surface area (Å²) >= 11 is 0. The van der Waals surface area contributed by atoms with Crippen LogP contribution in [0.3, 0.4) is 0 Å². The van der Waals surface area contributed by atoms with Gasteiger partial charge in [0.2, 0.25) is 0 Å². The van der Waals surface area contributed by atoms with E-state index >= 15 is 0 Å². The van der Waals surface area contributed by atoms with Crippen LogP contribution in [0, 0.1) is 0 Å². The molecule has 1 aliphatic rings. The summed E-state index contributed by atoms with van der Waals surface area (Å²) in [4.78, 5) is 22.3. The van der Waals surface area contributed by atoms with Gasteiger partial charge >= 0.3 is 5.97 Å². The summed E-state index contributed by atoms with van der Waals surface area (Å²) in [5.74, 6) is -1.70. The molecule has 0 saturated heterocycles. The molecule has 0 amide bonds. The van der Waals surface area contributed by atoms with Crippen molar-refractivity contribution in [2.45, 2.75) is 38.2 Å². The van der Waals surface area contributed by atoms with Gasteiger partial charge in [-0.25, -0.2) is 4.79 Å². The molecule has 0 bridgehead atoms. The largest absolute Gasteiger partial charge is 0.460 e. The molecule has 0 atom stereocenters. The molecule has 1 rings (SSSR count). The van der Waals surface area contributed by atoms with Crippen molar-refractivity contribution in [2.24, 2.45) is 0 Å². The van der Waals surface area contributed by atoms with E-state index in [1.807, 2.05) is 0 Å². The Bertz CT molecular complexity index is 216. The van der Waals surface area contributed by atoms with E-state index < -0.39 is 17.4 Å². The van der Waals surface area contributed by atoms with Crippen molar-refractivity contribution in [3.05, 3.63) is 0 Å². The number of rotatable bonds is 3. The van der Waals surface area contributed by atoms with Crippen molar-refractivity contribution >= 4 is 11.8 Å². The van der Waals surface area contributed by atoms with Crippen LogP contribution in [0.5, 0.6) is 0 Å². The van der Waals surface area contributed by atoms with Gasteiger partial charge in [0.1, 0.15) is 5.60 Å². The highest BCUT2D eigenvalue weighted by atomic mass is 16.5. The molecule has 0 aromatic heterocycles. The van der Waals surface area contributed by atoms with Crippen LogP contribution in [-0.4, -0.2) is 29.1 Å². The molecular formula is C9H14O4. The molecule has 4 heteroatoms. The maximum atomic E-state index is 11.3. The van der Waals surface area contributed by atoms with E-state index in [1.165, 1.54) is 0 Å². The lowest BCUT2D eigenvalue weighted by molar-refractivity contribution is -0.162. The Morgan fingerprint density at radius 3 is 2.38 bits per heavy atom. The molecule has 0 aromatic carbocycles. The van der Waals surface area contributed by atoms with Gasteiger partial charge in [0.05, 0.1) is 6.61 Å². The lowest BCUT2D eigenvalue weighted by Crippen LogP contribution is -2.41. The molecule has 0 heterocycles. The van der Waals surface area contributed by atoms with Crippen molar-refractivity contribution in [3.8, 4) is 0 Å². The minimum absolute atomic E-state index is 0.167. The molecular weight excluding hydrogens is 172 g/mol. The van der Waals surface area contributed by atoms with Crippen LogP contribution in [-0.2, 0) is 14.3 Å². The van der Waals surface area contributed by atoms with Gasteiger partial charge in [0.25, 0.3) is 5.78 Å². The molecule has 0 aliphatic heterocycles. The van der Waals surface area contributed by atoms with E-state index in [0.29, 0.717) is 12.8 Å². The number of carbonyl (C=O) groups excluding carboxylic acids is 2. The van der Waals surface area contributed by atoms with E-state index in [2.05, 4.69) is 4.74 Å². The molecule has 1 saturated carbocycles. The Hall–Kier alpha value is -0.900. The second-order valence-electron chi connectivity index (χ2n) is 3.29. The zero-order valence-electron chi connectivity index (χ0n) is 7.71. The molecule has 74 valence electrons. The second-order valence-corrected chi connectivity index (χ2v) is 3.29. The number of aliphatic hydroxyl groups is 1. The van der Waals surface area contributed by atoms with Crippen LogP contribution < -0.4 is 0 Å². The van der Waals surface area contributed by atoms with Gasteiger partial charge < -0.3 is 9.84 Å². The number of esters is 1. The SMILES string of the molecule is CCOC(=O)C(=O)C1(O)CCCC1. The number of carbonyl (C=O) groups is 2. The van der Waals surface area contributed by atoms with Gasteiger partial charge in [0.15, 0.2) is 0 Å².